The molecule has 0 radical (unpaired) electrons. The Kier molecular flexibility index (Phi) is 4.75. The predicted octanol–water partition coefficient (Wildman–Crippen LogP) is 3.37. The molecule has 1 aromatic heterocycles. The molecular formula is C14H27N3. The second-order valence-corrected chi connectivity index (χ2v) is 6.28. The Balaban J connectivity index is 2.57. The van der Waals surface area contributed by atoms with Crippen molar-refractivity contribution in [1.29, 1.82) is 0 Å². The summed E-state index contributed by atoms with van der Waals surface area (Å²) in [4.78, 5) is 0. The fraction of sp³-hybridized carbons (Fsp3) is 0.786. The monoisotopic (exact) mass is 237 g/mol. The molecule has 0 bridgehead atoms. The SMILES string of the molecule is CCn1nccc1C(N)CC(C)CC(C)(C)C. The van der Waals surface area contributed by atoms with Crippen LogP contribution < -0.4 is 5.73 Å². The lowest BCUT2D eigenvalue weighted by Gasteiger charge is -2.25. The normalized spacial score (nSPS) is 15.9. The molecule has 0 amide bonds. The van der Waals surface area contributed by atoms with Gasteiger partial charge in [-0.25, -0.2) is 0 Å². The summed E-state index contributed by atoms with van der Waals surface area (Å²) in [6, 6.07) is 2.15. The molecule has 0 spiro atoms. The van der Waals surface area contributed by atoms with Gasteiger partial charge >= 0.3 is 0 Å². The van der Waals surface area contributed by atoms with E-state index in [9.17, 15) is 0 Å². The van der Waals surface area contributed by atoms with Crippen molar-refractivity contribution in [1.82, 2.24) is 9.78 Å². The minimum absolute atomic E-state index is 0.106. The van der Waals surface area contributed by atoms with Gasteiger partial charge < -0.3 is 5.73 Å². The van der Waals surface area contributed by atoms with E-state index in [-0.39, 0.29) is 6.04 Å². The number of nitrogens with two attached hydrogens (primary N) is 1. The van der Waals surface area contributed by atoms with Gasteiger partial charge in [-0.3, -0.25) is 4.68 Å². The van der Waals surface area contributed by atoms with E-state index < -0.39 is 0 Å². The van der Waals surface area contributed by atoms with Crippen molar-refractivity contribution < 1.29 is 0 Å². The van der Waals surface area contributed by atoms with Gasteiger partial charge in [0.15, 0.2) is 0 Å². The molecule has 1 heterocycles. The largest absolute Gasteiger partial charge is 0.323 e. The summed E-state index contributed by atoms with van der Waals surface area (Å²) < 4.78 is 1.99. The maximum Gasteiger partial charge on any atom is 0.0551 e. The van der Waals surface area contributed by atoms with Crippen molar-refractivity contribution in [3.05, 3.63) is 18.0 Å². The van der Waals surface area contributed by atoms with Crippen LogP contribution in [0.5, 0.6) is 0 Å². The second-order valence-electron chi connectivity index (χ2n) is 6.28. The predicted molar refractivity (Wildman–Crippen MR) is 72.7 cm³/mol. The van der Waals surface area contributed by atoms with E-state index in [0.29, 0.717) is 11.3 Å². The van der Waals surface area contributed by atoms with Crippen LogP contribution in [0.15, 0.2) is 12.3 Å². The Morgan fingerprint density at radius 3 is 2.59 bits per heavy atom. The first kappa shape index (κ1) is 14.2. The molecule has 1 aromatic rings. The average Bonchev–Trinajstić information content (AvgIpc) is 2.61. The van der Waals surface area contributed by atoms with Crippen molar-refractivity contribution in [2.45, 2.75) is 60.0 Å². The molecular weight excluding hydrogens is 210 g/mol. The van der Waals surface area contributed by atoms with Gasteiger partial charge in [-0.15, -0.1) is 0 Å². The van der Waals surface area contributed by atoms with Crippen LogP contribution in [0.2, 0.25) is 0 Å². The molecule has 0 aliphatic heterocycles. The maximum absolute atomic E-state index is 6.27. The van der Waals surface area contributed by atoms with Gasteiger partial charge in [0.05, 0.1) is 5.69 Å². The Morgan fingerprint density at radius 1 is 1.41 bits per heavy atom. The molecule has 2 N–H and O–H groups in total. The number of hydrogen-bond donors (Lipinski definition) is 1. The molecule has 17 heavy (non-hydrogen) atoms. The van der Waals surface area contributed by atoms with Gasteiger partial charge in [-0.1, -0.05) is 27.7 Å². The van der Waals surface area contributed by atoms with E-state index in [4.69, 9.17) is 5.73 Å². The first-order chi connectivity index (χ1) is 7.83. The van der Waals surface area contributed by atoms with E-state index in [1.807, 2.05) is 16.9 Å². The zero-order valence-electron chi connectivity index (χ0n) is 11.9. The lowest BCUT2D eigenvalue weighted by atomic mass is 9.82. The second kappa shape index (κ2) is 5.67. The van der Waals surface area contributed by atoms with Crippen molar-refractivity contribution in [3.63, 3.8) is 0 Å². The van der Waals surface area contributed by atoms with Gasteiger partial charge in [0.2, 0.25) is 0 Å². The molecule has 2 unspecified atom stereocenters. The first-order valence-corrected chi connectivity index (χ1v) is 6.60. The van der Waals surface area contributed by atoms with Crippen molar-refractivity contribution >= 4 is 0 Å². The maximum atomic E-state index is 6.27. The third-order valence-corrected chi connectivity index (χ3v) is 3.05. The first-order valence-electron chi connectivity index (χ1n) is 6.60. The molecule has 3 heteroatoms. The summed E-state index contributed by atoms with van der Waals surface area (Å²) in [6.45, 7) is 12.1. The lowest BCUT2D eigenvalue weighted by molar-refractivity contribution is 0.284. The fourth-order valence-electron chi connectivity index (χ4n) is 2.61. The molecule has 0 aliphatic carbocycles. The van der Waals surface area contributed by atoms with Gasteiger partial charge in [-0.05, 0) is 37.2 Å². The van der Waals surface area contributed by atoms with Crippen LogP contribution >= 0.6 is 0 Å². The van der Waals surface area contributed by atoms with E-state index in [1.54, 1.807) is 0 Å². The number of hydrogen-bond acceptors (Lipinski definition) is 2. The quantitative estimate of drug-likeness (QED) is 0.853. The summed E-state index contributed by atoms with van der Waals surface area (Å²) in [7, 11) is 0. The van der Waals surface area contributed by atoms with E-state index in [2.05, 4.69) is 39.7 Å². The van der Waals surface area contributed by atoms with Gasteiger partial charge in [-0.2, -0.15) is 5.10 Å². The Morgan fingerprint density at radius 2 is 2.06 bits per heavy atom. The van der Waals surface area contributed by atoms with Crippen LogP contribution in [0.4, 0.5) is 0 Å². The van der Waals surface area contributed by atoms with Crippen molar-refractivity contribution in [3.8, 4) is 0 Å². The highest BCUT2D eigenvalue weighted by Gasteiger charge is 2.19. The zero-order valence-corrected chi connectivity index (χ0v) is 11.9. The Bertz CT molecular complexity index is 335. The third kappa shape index (κ3) is 4.50. The summed E-state index contributed by atoms with van der Waals surface area (Å²) in [5.74, 6) is 0.644. The van der Waals surface area contributed by atoms with Crippen LogP contribution in [-0.4, -0.2) is 9.78 Å². The number of aromatic nitrogens is 2. The number of aryl methyl sites for hydroxylation is 1. The highest BCUT2D eigenvalue weighted by Crippen LogP contribution is 2.29. The molecule has 98 valence electrons. The summed E-state index contributed by atoms with van der Waals surface area (Å²) in [5, 5.41) is 4.27. The molecule has 0 saturated heterocycles. The van der Waals surface area contributed by atoms with Crippen LogP contribution in [0.3, 0.4) is 0 Å². The topological polar surface area (TPSA) is 43.8 Å². The van der Waals surface area contributed by atoms with E-state index in [0.717, 1.165) is 18.7 Å². The standard InChI is InChI=1S/C14H27N3/c1-6-17-13(7-8-16-17)12(15)9-11(2)10-14(3,4)5/h7-8,11-12H,6,9-10,15H2,1-5H3. The average molecular weight is 237 g/mol. The molecule has 0 aromatic carbocycles. The zero-order chi connectivity index (χ0) is 13.1. The van der Waals surface area contributed by atoms with E-state index in [1.165, 1.54) is 6.42 Å². The summed E-state index contributed by atoms with van der Waals surface area (Å²) >= 11 is 0. The van der Waals surface area contributed by atoms with Crippen LogP contribution in [0.25, 0.3) is 0 Å². The van der Waals surface area contributed by atoms with Crippen LogP contribution in [-0.2, 0) is 6.54 Å². The number of rotatable bonds is 5. The third-order valence-electron chi connectivity index (χ3n) is 3.05. The number of nitrogens with zero attached hydrogens (tertiary/aromatic N) is 2. The lowest BCUT2D eigenvalue weighted by Crippen LogP contribution is -2.20. The van der Waals surface area contributed by atoms with Crippen LogP contribution in [0, 0.1) is 11.3 Å². The molecule has 0 aliphatic rings. The van der Waals surface area contributed by atoms with E-state index >= 15 is 0 Å². The minimum atomic E-state index is 0.106. The molecule has 3 nitrogen and oxygen atoms in total. The molecule has 0 saturated carbocycles. The molecule has 2 atom stereocenters. The smallest absolute Gasteiger partial charge is 0.0551 e. The van der Waals surface area contributed by atoms with Gasteiger partial charge in [0, 0.05) is 18.8 Å². The minimum Gasteiger partial charge on any atom is -0.323 e. The van der Waals surface area contributed by atoms with Gasteiger partial charge in [0.25, 0.3) is 0 Å². The highest BCUT2D eigenvalue weighted by molar-refractivity contribution is 5.06. The van der Waals surface area contributed by atoms with Crippen molar-refractivity contribution in [2.24, 2.45) is 17.1 Å². The van der Waals surface area contributed by atoms with Crippen molar-refractivity contribution in [2.75, 3.05) is 0 Å². The Hall–Kier alpha value is -0.830. The Labute approximate surface area is 105 Å². The highest BCUT2D eigenvalue weighted by atomic mass is 15.3. The summed E-state index contributed by atoms with van der Waals surface area (Å²) in [6.07, 6.45) is 4.08. The summed E-state index contributed by atoms with van der Waals surface area (Å²) in [5.41, 5.74) is 7.81. The fourth-order valence-corrected chi connectivity index (χ4v) is 2.61. The van der Waals surface area contributed by atoms with Gasteiger partial charge in [0.1, 0.15) is 0 Å². The molecule has 0 fully saturated rings. The van der Waals surface area contributed by atoms with Crippen LogP contribution in [0.1, 0.15) is 59.2 Å². The molecule has 1 rings (SSSR count).